The molecular weight excluding hydrogens is 320 g/mol. The van der Waals surface area contributed by atoms with Gasteiger partial charge in [-0.25, -0.2) is 0 Å². The highest BCUT2D eigenvalue weighted by Gasteiger charge is 2.38. The summed E-state index contributed by atoms with van der Waals surface area (Å²) in [5.74, 6) is -0.0344. The van der Waals surface area contributed by atoms with E-state index in [-0.39, 0.29) is 30.7 Å². The molecular formula is C18H32N4O3. The molecule has 0 aromatic rings. The summed E-state index contributed by atoms with van der Waals surface area (Å²) in [5, 5.41) is 13.4. The number of piperazine rings is 1. The fraction of sp³-hybridized carbons (Fsp3) is 0.889. The van der Waals surface area contributed by atoms with Gasteiger partial charge >= 0.3 is 0 Å². The smallest absolute Gasteiger partial charge is 0.223 e. The zero-order valence-corrected chi connectivity index (χ0v) is 15.3. The summed E-state index contributed by atoms with van der Waals surface area (Å²) >= 11 is 0. The Kier molecular flexibility index (Phi) is 6.30. The maximum atomic E-state index is 12.4. The summed E-state index contributed by atoms with van der Waals surface area (Å²) in [6.07, 6.45) is 4.49. The molecule has 1 aliphatic carbocycles. The van der Waals surface area contributed by atoms with E-state index < -0.39 is 6.10 Å². The molecule has 2 aliphatic heterocycles. The molecule has 0 spiro atoms. The lowest BCUT2D eigenvalue weighted by atomic mass is 10.1. The van der Waals surface area contributed by atoms with E-state index in [4.69, 9.17) is 0 Å². The summed E-state index contributed by atoms with van der Waals surface area (Å²) in [6, 6.07) is 0.336. The topological polar surface area (TPSA) is 76.1 Å². The number of hydrogen-bond acceptors (Lipinski definition) is 5. The third kappa shape index (κ3) is 4.92. The predicted molar refractivity (Wildman–Crippen MR) is 95.1 cm³/mol. The van der Waals surface area contributed by atoms with Gasteiger partial charge in [0.05, 0.1) is 12.1 Å². The number of likely N-dealkylation sites (tertiary alicyclic amines) is 1. The van der Waals surface area contributed by atoms with Crippen LogP contribution in [0.4, 0.5) is 0 Å². The molecule has 142 valence electrons. The normalized spacial score (nSPS) is 29.3. The standard InChI is InChI=1S/C18H32N4O3/c1-20-8-10-21(11-9-20)15-12-22(13-16(15)23)18(25)7-6-17(24)19-14-4-2-3-5-14/h14-16,23H,2-13H2,1H3,(H,19,24)/t15-,16-/m1/s1. The first-order valence-electron chi connectivity index (χ1n) is 9.70. The minimum Gasteiger partial charge on any atom is -0.390 e. The average molecular weight is 352 g/mol. The van der Waals surface area contributed by atoms with Crippen molar-refractivity contribution in [3.63, 3.8) is 0 Å². The van der Waals surface area contributed by atoms with Crippen LogP contribution >= 0.6 is 0 Å². The van der Waals surface area contributed by atoms with Gasteiger partial charge in [-0.1, -0.05) is 12.8 Å². The van der Waals surface area contributed by atoms with E-state index in [1.807, 2.05) is 0 Å². The molecule has 3 fully saturated rings. The van der Waals surface area contributed by atoms with Crippen LogP contribution in [0.15, 0.2) is 0 Å². The van der Waals surface area contributed by atoms with Crippen molar-refractivity contribution < 1.29 is 14.7 Å². The molecule has 1 saturated carbocycles. The van der Waals surface area contributed by atoms with Crippen molar-refractivity contribution >= 4 is 11.8 Å². The molecule has 2 N–H and O–H groups in total. The van der Waals surface area contributed by atoms with E-state index in [2.05, 4.69) is 22.2 Å². The highest BCUT2D eigenvalue weighted by molar-refractivity contribution is 5.84. The number of aliphatic hydroxyl groups is 1. The maximum Gasteiger partial charge on any atom is 0.223 e. The SMILES string of the molecule is CN1CCN([C@@H]2CN(C(=O)CCC(=O)NC3CCCC3)C[C@H]2O)CC1. The van der Waals surface area contributed by atoms with Gasteiger partial charge in [0.2, 0.25) is 11.8 Å². The van der Waals surface area contributed by atoms with E-state index in [1.54, 1.807) is 4.90 Å². The Labute approximate surface area is 150 Å². The Morgan fingerprint density at radius 3 is 2.40 bits per heavy atom. The maximum absolute atomic E-state index is 12.4. The summed E-state index contributed by atoms with van der Waals surface area (Å²) < 4.78 is 0. The molecule has 2 heterocycles. The van der Waals surface area contributed by atoms with Crippen molar-refractivity contribution in [3.05, 3.63) is 0 Å². The van der Waals surface area contributed by atoms with Crippen LogP contribution in [0.5, 0.6) is 0 Å². The first-order chi connectivity index (χ1) is 12.0. The molecule has 2 amide bonds. The number of aliphatic hydroxyl groups excluding tert-OH is 1. The number of nitrogens with zero attached hydrogens (tertiary/aromatic N) is 3. The van der Waals surface area contributed by atoms with Crippen molar-refractivity contribution in [1.29, 1.82) is 0 Å². The lowest BCUT2D eigenvalue weighted by Crippen LogP contribution is -2.52. The highest BCUT2D eigenvalue weighted by Crippen LogP contribution is 2.20. The molecule has 3 aliphatic rings. The number of carbonyl (C=O) groups is 2. The number of amides is 2. The van der Waals surface area contributed by atoms with Gasteiger partial charge in [-0.3, -0.25) is 14.5 Å². The van der Waals surface area contributed by atoms with Gasteiger partial charge in [0.25, 0.3) is 0 Å². The van der Waals surface area contributed by atoms with Gasteiger partial charge in [-0.05, 0) is 19.9 Å². The number of rotatable bonds is 5. The second-order valence-corrected chi connectivity index (χ2v) is 7.82. The summed E-state index contributed by atoms with van der Waals surface area (Å²) in [6.45, 7) is 4.83. The van der Waals surface area contributed by atoms with Crippen LogP contribution in [0.1, 0.15) is 38.5 Å². The third-order valence-electron chi connectivity index (χ3n) is 5.90. The van der Waals surface area contributed by atoms with E-state index >= 15 is 0 Å². The zero-order valence-electron chi connectivity index (χ0n) is 15.3. The van der Waals surface area contributed by atoms with E-state index in [0.29, 0.717) is 19.1 Å². The summed E-state index contributed by atoms with van der Waals surface area (Å²) in [5.41, 5.74) is 0. The van der Waals surface area contributed by atoms with E-state index in [1.165, 1.54) is 12.8 Å². The van der Waals surface area contributed by atoms with Crippen LogP contribution in [0.25, 0.3) is 0 Å². The number of likely N-dealkylation sites (N-methyl/N-ethyl adjacent to an activating group) is 1. The Bertz CT molecular complexity index is 473. The van der Waals surface area contributed by atoms with Gasteiger partial charge in [0.15, 0.2) is 0 Å². The molecule has 25 heavy (non-hydrogen) atoms. The Morgan fingerprint density at radius 1 is 1.04 bits per heavy atom. The monoisotopic (exact) mass is 352 g/mol. The fourth-order valence-electron chi connectivity index (χ4n) is 4.23. The van der Waals surface area contributed by atoms with Crippen LogP contribution in [0.3, 0.4) is 0 Å². The Morgan fingerprint density at radius 2 is 1.72 bits per heavy atom. The Balaban J connectivity index is 1.41. The van der Waals surface area contributed by atoms with Crippen LogP contribution in [-0.2, 0) is 9.59 Å². The number of β-amino-alcohol motifs (C(OH)–C–C–N with tert-alkyl or cyclic N) is 1. The van der Waals surface area contributed by atoms with E-state index in [0.717, 1.165) is 39.0 Å². The molecule has 2 atom stereocenters. The lowest BCUT2D eigenvalue weighted by molar-refractivity contribution is -0.133. The van der Waals surface area contributed by atoms with E-state index in [9.17, 15) is 14.7 Å². The van der Waals surface area contributed by atoms with Gasteiger partial charge in [-0.15, -0.1) is 0 Å². The molecule has 0 radical (unpaired) electrons. The second-order valence-electron chi connectivity index (χ2n) is 7.82. The molecule has 7 heteroatoms. The van der Waals surface area contributed by atoms with Gasteiger partial charge < -0.3 is 20.2 Å². The molecule has 3 rings (SSSR count). The minimum absolute atomic E-state index is 0.0164. The first-order valence-corrected chi connectivity index (χ1v) is 9.70. The molecule has 0 unspecified atom stereocenters. The van der Waals surface area contributed by atoms with Gasteiger partial charge in [-0.2, -0.15) is 0 Å². The quantitative estimate of drug-likeness (QED) is 0.707. The molecule has 0 aromatic heterocycles. The molecule has 7 nitrogen and oxygen atoms in total. The zero-order chi connectivity index (χ0) is 17.8. The Hall–Kier alpha value is -1.18. The largest absolute Gasteiger partial charge is 0.390 e. The molecule has 0 bridgehead atoms. The first kappa shape index (κ1) is 18.6. The van der Waals surface area contributed by atoms with Gasteiger partial charge in [0, 0.05) is 58.2 Å². The van der Waals surface area contributed by atoms with Crippen LogP contribution < -0.4 is 5.32 Å². The third-order valence-corrected chi connectivity index (χ3v) is 5.90. The fourth-order valence-corrected chi connectivity index (χ4v) is 4.23. The van der Waals surface area contributed by atoms with Crippen LogP contribution in [-0.4, -0.2) is 96.1 Å². The number of carbonyl (C=O) groups excluding carboxylic acids is 2. The average Bonchev–Trinajstić information content (AvgIpc) is 3.23. The van der Waals surface area contributed by atoms with Gasteiger partial charge in [0.1, 0.15) is 0 Å². The minimum atomic E-state index is -0.486. The van der Waals surface area contributed by atoms with Crippen LogP contribution in [0.2, 0.25) is 0 Å². The lowest BCUT2D eigenvalue weighted by Gasteiger charge is -2.37. The predicted octanol–water partition coefficient (Wildman–Crippen LogP) is -0.355. The van der Waals surface area contributed by atoms with Crippen molar-refractivity contribution in [2.75, 3.05) is 46.3 Å². The van der Waals surface area contributed by atoms with Crippen molar-refractivity contribution in [2.24, 2.45) is 0 Å². The summed E-state index contributed by atoms with van der Waals surface area (Å²) in [4.78, 5) is 30.7. The number of nitrogens with one attached hydrogen (secondary N) is 1. The summed E-state index contributed by atoms with van der Waals surface area (Å²) in [7, 11) is 2.11. The highest BCUT2D eigenvalue weighted by atomic mass is 16.3. The van der Waals surface area contributed by atoms with Crippen molar-refractivity contribution in [2.45, 2.75) is 56.7 Å². The van der Waals surface area contributed by atoms with Crippen molar-refractivity contribution in [1.82, 2.24) is 20.0 Å². The molecule has 0 aromatic carbocycles. The van der Waals surface area contributed by atoms with Crippen LogP contribution in [0, 0.1) is 0 Å². The number of hydrogen-bond donors (Lipinski definition) is 2. The van der Waals surface area contributed by atoms with Crippen molar-refractivity contribution in [3.8, 4) is 0 Å². The second kappa shape index (κ2) is 8.47. The molecule has 2 saturated heterocycles.